The van der Waals surface area contributed by atoms with E-state index in [1.807, 2.05) is 18.2 Å². The number of carbonyl (C=O) groups is 1. The number of ether oxygens (including phenoxy) is 2. The number of carbonyl (C=O) groups excluding carboxylic acids is 1. The fourth-order valence-electron chi connectivity index (χ4n) is 2.31. The van der Waals surface area contributed by atoms with E-state index in [2.05, 4.69) is 5.32 Å². The first-order valence-electron chi connectivity index (χ1n) is 7.66. The molecule has 0 heterocycles. The van der Waals surface area contributed by atoms with Crippen molar-refractivity contribution in [2.75, 3.05) is 20.8 Å². The molecule has 0 aliphatic rings. The lowest BCUT2D eigenvalue weighted by Gasteiger charge is -2.09. The summed E-state index contributed by atoms with van der Waals surface area (Å²) in [6, 6.07) is 10.8. The van der Waals surface area contributed by atoms with Crippen molar-refractivity contribution in [3.05, 3.63) is 63.6 Å². The number of halogens is 2. The van der Waals surface area contributed by atoms with E-state index in [4.69, 9.17) is 32.7 Å². The van der Waals surface area contributed by atoms with Gasteiger partial charge in [-0.25, -0.2) is 0 Å². The number of benzene rings is 2. The molecule has 0 spiro atoms. The Balaban J connectivity index is 1.93. The van der Waals surface area contributed by atoms with E-state index in [-0.39, 0.29) is 5.91 Å². The van der Waals surface area contributed by atoms with Crippen LogP contribution in [0.5, 0.6) is 11.5 Å². The van der Waals surface area contributed by atoms with Gasteiger partial charge < -0.3 is 14.8 Å². The van der Waals surface area contributed by atoms with Crippen LogP contribution in [0, 0.1) is 0 Å². The molecule has 25 heavy (non-hydrogen) atoms. The summed E-state index contributed by atoms with van der Waals surface area (Å²) in [5.74, 6) is 0.999. The second-order valence-corrected chi connectivity index (χ2v) is 6.04. The number of methoxy groups -OCH3 is 2. The molecule has 2 aromatic carbocycles. The normalized spacial score (nSPS) is 10.7. The number of hydrogen-bond donors (Lipinski definition) is 1. The van der Waals surface area contributed by atoms with Crippen LogP contribution >= 0.6 is 23.2 Å². The zero-order valence-corrected chi connectivity index (χ0v) is 15.5. The first-order valence-corrected chi connectivity index (χ1v) is 8.41. The fraction of sp³-hybridized carbons (Fsp3) is 0.211. The van der Waals surface area contributed by atoms with Gasteiger partial charge in [-0.1, -0.05) is 41.4 Å². The van der Waals surface area contributed by atoms with Crippen molar-refractivity contribution in [3.63, 3.8) is 0 Å². The lowest BCUT2D eigenvalue weighted by Crippen LogP contribution is -2.23. The van der Waals surface area contributed by atoms with Crippen molar-refractivity contribution in [2.24, 2.45) is 0 Å². The molecule has 0 unspecified atom stereocenters. The summed E-state index contributed by atoms with van der Waals surface area (Å²) in [5, 5.41) is 4.01. The minimum Gasteiger partial charge on any atom is -0.493 e. The highest BCUT2D eigenvalue weighted by molar-refractivity contribution is 6.35. The third kappa shape index (κ3) is 5.41. The Labute approximate surface area is 157 Å². The summed E-state index contributed by atoms with van der Waals surface area (Å²) in [5.41, 5.74) is 1.70. The molecular weight excluding hydrogens is 361 g/mol. The number of para-hydroxylation sites is 1. The molecule has 132 valence electrons. The highest BCUT2D eigenvalue weighted by Crippen LogP contribution is 2.31. The van der Waals surface area contributed by atoms with Gasteiger partial charge in [0.25, 0.3) is 0 Å². The van der Waals surface area contributed by atoms with Crippen molar-refractivity contribution >= 4 is 35.2 Å². The molecule has 0 aliphatic heterocycles. The third-order valence-corrected chi connectivity index (χ3v) is 4.14. The zero-order valence-electron chi connectivity index (χ0n) is 14.0. The van der Waals surface area contributed by atoms with E-state index >= 15 is 0 Å². The second-order valence-electron chi connectivity index (χ2n) is 5.19. The molecule has 2 aromatic rings. The van der Waals surface area contributed by atoms with Crippen molar-refractivity contribution in [3.8, 4) is 11.5 Å². The predicted octanol–water partition coefficient (Wildman–Crippen LogP) is 4.38. The fourth-order valence-corrected chi connectivity index (χ4v) is 2.82. The summed E-state index contributed by atoms with van der Waals surface area (Å²) in [4.78, 5) is 12.0. The Morgan fingerprint density at radius 3 is 2.64 bits per heavy atom. The molecule has 6 heteroatoms. The molecule has 1 amide bonds. The van der Waals surface area contributed by atoms with Crippen LogP contribution in [0.1, 0.15) is 11.1 Å². The van der Waals surface area contributed by atoms with E-state index in [1.165, 1.54) is 6.08 Å². The smallest absolute Gasteiger partial charge is 0.244 e. The molecule has 0 fully saturated rings. The molecule has 0 radical (unpaired) electrons. The first-order chi connectivity index (χ1) is 12.0. The maximum absolute atomic E-state index is 12.0. The van der Waals surface area contributed by atoms with E-state index < -0.39 is 0 Å². The van der Waals surface area contributed by atoms with Gasteiger partial charge in [0.15, 0.2) is 11.5 Å². The molecular formula is C19H19Cl2NO3. The zero-order chi connectivity index (χ0) is 18.2. The molecule has 0 bridgehead atoms. The van der Waals surface area contributed by atoms with Gasteiger partial charge in [0.1, 0.15) is 0 Å². The van der Waals surface area contributed by atoms with E-state index in [1.54, 1.807) is 38.5 Å². The van der Waals surface area contributed by atoms with Crippen LogP contribution in [0.25, 0.3) is 6.08 Å². The lowest BCUT2D eigenvalue weighted by atomic mass is 10.1. The first kappa shape index (κ1) is 19.2. The van der Waals surface area contributed by atoms with Gasteiger partial charge in [0, 0.05) is 28.2 Å². The molecule has 0 saturated carbocycles. The quantitative estimate of drug-likeness (QED) is 0.725. The number of nitrogens with one attached hydrogen (secondary N) is 1. The van der Waals surface area contributed by atoms with Crippen LogP contribution in [-0.4, -0.2) is 26.7 Å². The predicted molar refractivity (Wildman–Crippen MR) is 102 cm³/mol. The highest BCUT2D eigenvalue weighted by atomic mass is 35.5. The SMILES string of the molecule is COc1cccc(/C=C/C(=O)NCCc2ccc(Cl)cc2Cl)c1OC. The average Bonchev–Trinajstić information content (AvgIpc) is 2.61. The summed E-state index contributed by atoms with van der Waals surface area (Å²) in [7, 11) is 3.13. The minimum absolute atomic E-state index is 0.199. The van der Waals surface area contributed by atoms with Gasteiger partial charge in [-0.3, -0.25) is 4.79 Å². The lowest BCUT2D eigenvalue weighted by molar-refractivity contribution is -0.116. The maximum Gasteiger partial charge on any atom is 0.244 e. The standard InChI is InChI=1S/C19H19Cl2NO3/c1-24-17-5-3-4-14(19(17)25-2)7-9-18(23)22-11-10-13-6-8-15(20)12-16(13)21/h3-9,12H,10-11H2,1-2H3,(H,22,23)/b9-7+. The van der Waals surface area contributed by atoms with Gasteiger partial charge >= 0.3 is 0 Å². The highest BCUT2D eigenvalue weighted by Gasteiger charge is 2.07. The Morgan fingerprint density at radius 1 is 1.16 bits per heavy atom. The van der Waals surface area contributed by atoms with Gasteiger partial charge in [0.05, 0.1) is 14.2 Å². The maximum atomic E-state index is 12.0. The van der Waals surface area contributed by atoms with E-state index in [9.17, 15) is 4.79 Å². The van der Waals surface area contributed by atoms with E-state index in [0.29, 0.717) is 34.5 Å². The minimum atomic E-state index is -0.199. The summed E-state index contributed by atoms with van der Waals surface area (Å²) in [6.07, 6.45) is 3.77. The Hall–Kier alpha value is -2.17. The monoisotopic (exact) mass is 379 g/mol. The topological polar surface area (TPSA) is 47.6 Å². The number of amides is 1. The van der Waals surface area contributed by atoms with Crippen molar-refractivity contribution in [1.29, 1.82) is 0 Å². The molecule has 2 rings (SSSR count). The summed E-state index contributed by atoms with van der Waals surface area (Å²) in [6.45, 7) is 0.472. The Morgan fingerprint density at radius 2 is 1.96 bits per heavy atom. The van der Waals surface area contributed by atoms with Crippen LogP contribution in [0.3, 0.4) is 0 Å². The van der Waals surface area contributed by atoms with Gasteiger partial charge in [-0.05, 0) is 36.3 Å². The number of rotatable bonds is 7. The molecule has 0 atom stereocenters. The molecule has 1 N–H and O–H groups in total. The largest absolute Gasteiger partial charge is 0.493 e. The van der Waals surface area contributed by atoms with Crippen molar-refractivity contribution in [2.45, 2.75) is 6.42 Å². The average molecular weight is 380 g/mol. The van der Waals surface area contributed by atoms with Crippen LogP contribution < -0.4 is 14.8 Å². The molecule has 0 aliphatic carbocycles. The van der Waals surface area contributed by atoms with Crippen molar-refractivity contribution in [1.82, 2.24) is 5.32 Å². The molecule has 0 saturated heterocycles. The molecule has 0 aromatic heterocycles. The van der Waals surface area contributed by atoms with Gasteiger partial charge in [-0.15, -0.1) is 0 Å². The van der Waals surface area contributed by atoms with Crippen LogP contribution in [-0.2, 0) is 11.2 Å². The Kier molecular flexibility index (Phi) is 7.16. The van der Waals surface area contributed by atoms with Gasteiger partial charge in [0.2, 0.25) is 5.91 Å². The van der Waals surface area contributed by atoms with Crippen molar-refractivity contribution < 1.29 is 14.3 Å². The third-order valence-electron chi connectivity index (χ3n) is 3.56. The van der Waals surface area contributed by atoms with Gasteiger partial charge in [-0.2, -0.15) is 0 Å². The van der Waals surface area contributed by atoms with Crippen LogP contribution in [0.2, 0.25) is 10.0 Å². The van der Waals surface area contributed by atoms with Crippen LogP contribution in [0.4, 0.5) is 0 Å². The molecule has 4 nitrogen and oxygen atoms in total. The summed E-state index contributed by atoms with van der Waals surface area (Å²) >= 11 is 12.0. The number of hydrogen-bond acceptors (Lipinski definition) is 3. The Bertz CT molecular complexity index is 775. The van der Waals surface area contributed by atoms with Crippen LogP contribution in [0.15, 0.2) is 42.5 Å². The second kappa shape index (κ2) is 9.35. The summed E-state index contributed by atoms with van der Waals surface area (Å²) < 4.78 is 10.6. The van der Waals surface area contributed by atoms with E-state index in [0.717, 1.165) is 11.1 Å².